The Morgan fingerprint density at radius 2 is 1.73 bits per heavy atom. The Labute approximate surface area is 196 Å². The van der Waals surface area contributed by atoms with Crippen LogP contribution in [0.2, 0.25) is 0 Å². The first kappa shape index (κ1) is 22.1. The zero-order chi connectivity index (χ0) is 22.6. The predicted octanol–water partition coefficient (Wildman–Crippen LogP) is 1.90. The molecule has 0 saturated carbocycles. The predicted molar refractivity (Wildman–Crippen MR) is 130 cm³/mol. The first-order valence-electron chi connectivity index (χ1n) is 12.2. The fraction of sp³-hybridized carbons (Fsp3) is 0.560. The molecule has 2 aromatic rings. The Bertz CT molecular complexity index is 952. The molecular formula is C25H34N6O2. The molecule has 1 aromatic heterocycles. The van der Waals surface area contributed by atoms with Gasteiger partial charge in [-0.25, -0.2) is 9.97 Å². The summed E-state index contributed by atoms with van der Waals surface area (Å²) in [6.45, 7) is 11.9. The third-order valence-electron chi connectivity index (χ3n) is 7.01. The van der Waals surface area contributed by atoms with E-state index in [4.69, 9.17) is 9.72 Å². The van der Waals surface area contributed by atoms with Crippen LogP contribution in [0.15, 0.2) is 30.5 Å². The van der Waals surface area contributed by atoms with E-state index in [1.54, 1.807) is 6.92 Å². The van der Waals surface area contributed by atoms with E-state index in [0.717, 1.165) is 102 Å². The Morgan fingerprint density at radius 3 is 2.45 bits per heavy atom. The number of amides is 1. The Balaban J connectivity index is 1.21. The summed E-state index contributed by atoms with van der Waals surface area (Å²) in [5.74, 6) is 2.06. The van der Waals surface area contributed by atoms with E-state index in [1.807, 2.05) is 11.1 Å². The SMILES string of the molecule is CC(=O)N1CCN(c2ccc(-c3ncc4c(n3)N(CCCN3CCOCC3)CC4)cc2)CC1. The summed E-state index contributed by atoms with van der Waals surface area (Å²) < 4.78 is 5.45. The largest absolute Gasteiger partial charge is 0.379 e. The summed E-state index contributed by atoms with van der Waals surface area (Å²) in [4.78, 5) is 30.4. The van der Waals surface area contributed by atoms with Gasteiger partial charge in [-0.2, -0.15) is 0 Å². The molecule has 0 spiro atoms. The van der Waals surface area contributed by atoms with Crippen LogP contribution in [0.25, 0.3) is 11.4 Å². The third-order valence-corrected chi connectivity index (χ3v) is 7.01. The highest BCUT2D eigenvalue weighted by atomic mass is 16.5. The number of anilines is 2. The lowest BCUT2D eigenvalue weighted by molar-refractivity contribution is -0.129. The lowest BCUT2D eigenvalue weighted by Gasteiger charge is -2.35. The van der Waals surface area contributed by atoms with E-state index in [9.17, 15) is 4.79 Å². The molecule has 0 unspecified atom stereocenters. The van der Waals surface area contributed by atoms with Crippen molar-refractivity contribution in [3.63, 3.8) is 0 Å². The monoisotopic (exact) mass is 450 g/mol. The summed E-state index contributed by atoms with van der Waals surface area (Å²) >= 11 is 0. The molecule has 1 amide bonds. The number of fused-ring (bicyclic) bond motifs is 1. The second kappa shape index (κ2) is 10.1. The number of piperazine rings is 1. The smallest absolute Gasteiger partial charge is 0.219 e. The van der Waals surface area contributed by atoms with Crippen molar-refractivity contribution in [1.82, 2.24) is 19.8 Å². The molecule has 8 heteroatoms. The summed E-state index contributed by atoms with van der Waals surface area (Å²) in [5, 5.41) is 0. The number of hydrogen-bond donors (Lipinski definition) is 0. The van der Waals surface area contributed by atoms with Gasteiger partial charge in [-0.15, -0.1) is 0 Å². The van der Waals surface area contributed by atoms with Gasteiger partial charge in [0.2, 0.25) is 5.91 Å². The summed E-state index contributed by atoms with van der Waals surface area (Å²) in [5.41, 5.74) is 3.49. The van der Waals surface area contributed by atoms with E-state index in [1.165, 1.54) is 11.3 Å². The van der Waals surface area contributed by atoms with Crippen molar-refractivity contribution in [3.05, 3.63) is 36.0 Å². The van der Waals surface area contributed by atoms with Crippen LogP contribution in [0, 0.1) is 0 Å². The van der Waals surface area contributed by atoms with Crippen molar-refractivity contribution in [1.29, 1.82) is 0 Å². The Morgan fingerprint density at radius 1 is 0.970 bits per heavy atom. The maximum atomic E-state index is 11.6. The minimum atomic E-state index is 0.161. The first-order valence-corrected chi connectivity index (χ1v) is 12.2. The van der Waals surface area contributed by atoms with Crippen LogP contribution in [0.1, 0.15) is 18.9 Å². The van der Waals surface area contributed by atoms with Crippen molar-refractivity contribution >= 4 is 17.4 Å². The van der Waals surface area contributed by atoms with Crippen LogP contribution in [-0.2, 0) is 16.0 Å². The van der Waals surface area contributed by atoms with Gasteiger partial charge in [0.15, 0.2) is 5.82 Å². The molecule has 0 N–H and O–H groups in total. The average Bonchev–Trinajstić information content (AvgIpc) is 3.27. The number of rotatable bonds is 6. The van der Waals surface area contributed by atoms with Crippen LogP contribution in [0.3, 0.4) is 0 Å². The zero-order valence-corrected chi connectivity index (χ0v) is 19.6. The Hall–Kier alpha value is -2.71. The van der Waals surface area contributed by atoms with Crippen LogP contribution in [0.4, 0.5) is 11.5 Å². The quantitative estimate of drug-likeness (QED) is 0.666. The lowest BCUT2D eigenvalue weighted by atomic mass is 10.1. The van der Waals surface area contributed by atoms with Gasteiger partial charge >= 0.3 is 0 Å². The van der Waals surface area contributed by atoms with Gasteiger partial charge in [-0.05, 0) is 37.1 Å². The Kier molecular flexibility index (Phi) is 6.73. The summed E-state index contributed by atoms with van der Waals surface area (Å²) in [6, 6.07) is 8.53. The number of ether oxygens (including phenoxy) is 1. The van der Waals surface area contributed by atoms with Gasteiger partial charge in [-0.3, -0.25) is 9.69 Å². The molecule has 176 valence electrons. The van der Waals surface area contributed by atoms with Gasteiger partial charge in [0.25, 0.3) is 0 Å². The van der Waals surface area contributed by atoms with Crippen molar-refractivity contribution in [2.24, 2.45) is 0 Å². The fourth-order valence-electron chi connectivity index (χ4n) is 4.98. The first-order chi connectivity index (χ1) is 16.2. The number of hydrogen-bond acceptors (Lipinski definition) is 7. The van der Waals surface area contributed by atoms with Crippen molar-refractivity contribution < 1.29 is 9.53 Å². The number of benzene rings is 1. The summed E-state index contributed by atoms with van der Waals surface area (Å²) in [7, 11) is 0. The molecule has 0 aliphatic carbocycles. The number of carbonyl (C=O) groups is 1. The molecule has 3 aliphatic rings. The van der Waals surface area contributed by atoms with Gasteiger partial charge in [-0.1, -0.05) is 0 Å². The van der Waals surface area contributed by atoms with E-state index in [2.05, 4.69) is 43.9 Å². The van der Waals surface area contributed by atoms with Crippen LogP contribution >= 0.6 is 0 Å². The van der Waals surface area contributed by atoms with Crippen LogP contribution in [0.5, 0.6) is 0 Å². The van der Waals surface area contributed by atoms with Crippen molar-refractivity contribution in [2.75, 3.05) is 81.9 Å². The molecule has 33 heavy (non-hydrogen) atoms. The van der Waals surface area contributed by atoms with Gasteiger partial charge in [0.1, 0.15) is 5.82 Å². The molecule has 4 heterocycles. The topological polar surface area (TPSA) is 65.0 Å². The number of aromatic nitrogens is 2. The molecule has 5 rings (SSSR count). The number of morpholine rings is 1. The van der Waals surface area contributed by atoms with Crippen molar-refractivity contribution in [2.45, 2.75) is 19.8 Å². The number of nitrogens with zero attached hydrogens (tertiary/aromatic N) is 6. The van der Waals surface area contributed by atoms with E-state index < -0.39 is 0 Å². The molecule has 0 atom stereocenters. The van der Waals surface area contributed by atoms with Crippen molar-refractivity contribution in [3.8, 4) is 11.4 Å². The van der Waals surface area contributed by atoms with Gasteiger partial charge < -0.3 is 19.4 Å². The highest BCUT2D eigenvalue weighted by molar-refractivity contribution is 5.73. The lowest BCUT2D eigenvalue weighted by Crippen LogP contribution is -2.48. The van der Waals surface area contributed by atoms with Crippen LogP contribution in [-0.4, -0.2) is 97.8 Å². The second-order valence-corrected chi connectivity index (χ2v) is 9.13. The standard InChI is InChI=1S/C25H34N6O2/c1-20(32)29-11-13-30(14-12-29)23-5-3-21(4-6-23)24-26-19-22-7-10-31(25(22)27-24)9-2-8-28-15-17-33-18-16-28/h3-6,19H,2,7-18H2,1H3. The number of carbonyl (C=O) groups excluding carboxylic acids is 1. The van der Waals surface area contributed by atoms with E-state index in [0.29, 0.717) is 0 Å². The van der Waals surface area contributed by atoms with E-state index >= 15 is 0 Å². The van der Waals surface area contributed by atoms with Gasteiger partial charge in [0.05, 0.1) is 13.2 Å². The molecule has 2 fully saturated rings. The normalized spacial score (nSPS) is 19.1. The molecule has 3 aliphatic heterocycles. The molecule has 0 bridgehead atoms. The average molecular weight is 451 g/mol. The molecule has 8 nitrogen and oxygen atoms in total. The second-order valence-electron chi connectivity index (χ2n) is 9.13. The molecule has 0 radical (unpaired) electrons. The van der Waals surface area contributed by atoms with Gasteiger partial charge in [0, 0.05) is 88.8 Å². The maximum Gasteiger partial charge on any atom is 0.219 e. The maximum absolute atomic E-state index is 11.6. The minimum Gasteiger partial charge on any atom is -0.379 e. The van der Waals surface area contributed by atoms with E-state index in [-0.39, 0.29) is 5.91 Å². The third kappa shape index (κ3) is 5.12. The zero-order valence-electron chi connectivity index (χ0n) is 19.6. The van der Waals surface area contributed by atoms with Crippen LogP contribution < -0.4 is 9.80 Å². The highest BCUT2D eigenvalue weighted by Crippen LogP contribution is 2.29. The molecule has 2 saturated heterocycles. The molecular weight excluding hydrogens is 416 g/mol. The highest BCUT2D eigenvalue weighted by Gasteiger charge is 2.23. The fourth-order valence-corrected chi connectivity index (χ4v) is 4.98. The minimum absolute atomic E-state index is 0.161. The summed E-state index contributed by atoms with van der Waals surface area (Å²) in [6.07, 6.45) is 4.18. The molecule has 1 aromatic carbocycles.